The molecule has 2 aromatic carbocycles. The Balaban J connectivity index is 1.64. The van der Waals surface area contributed by atoms with E-state index < -0.39 is 0 Å². The van der Waals surface area contributed by atoms with E-state index in [4.69, 9.17) is 11.6 Å². The lowest BCUT2D eigenvalue weighted by molar-refractivity contribution is 0.0814. The van der Waals surface area contributed by atoms with Crippen LogP contribution in [0.1, 0.15) is 21.5 Å². The number of rotatable bonds is 3. The molecule has 3 aromatic rings. The largest absolute Gasteiger partial charge is 0.295 e. The smallest absolute Gasteiger partial charge is 0.273 e. The number of benzene rings is 2. The van der Waals surface area contributed by atoms with Crippen molar-refractivity contribution in [2.24, 2.45) is 0 Å². The van der Waals surface area contributed by atoms with Crippen LogP contribution in [-0.4, -0.2) is 15.9 Å². The van der Waals surface area contributed by atoms with E-state index in [1.807, 2.05) is 43.5 Å². The molecule has 0 atom stereocenters. The van der Waals surface area contributed by atoms with Gasteiger partial charge in [-0.25, -0.2) is 5.01 Å². The van der Waals surface area contributed by atoms with Gasteiger partial charge in [0.25, 0.3) is 5.91 Å². The van der Waals surface area contributed by atoms with Gasteiger partial charge in [0.2, 0.25) is 0 Å². The summed E-state index contributed by atoms with van der Waals surface area (Å²) in [4.78, 5) is 16.9. The molecular weight excluding hydrogens is 334 g/mol. The van der Waals surface area contributed by atoms with Crippen LogP contribution < -0.4 is 5.43 Å². The summed E-state index contributed by atoms with van der Waals surface area (Å²) < 4.78 is 0. The molecule has 0 spiro atoms. The third kappa shape index (κ3) is 2.96. The summed E-state index contributed by atoms with van der Waals surface area (Å²) in [5.41, 5.74) is 8.88. The van der Waals surface area contributed by atoms with Gasteiger partial charge in [0, 0.05) is 28.5 Å². The molecule has 25 heavy (non-hydrogen) atoms. The fourth-order valence-corrected chi connectivity index (χ4v) is 3.26. The normalized spacial score (nSPS) is 13.0. The number of hydrazine groups is 1. The van der Waals surface area contributed by atoms with Crippen molar-refractivity contribution in [1.29, 1.82) is 0 Å². The summed E-state index contributed by atoms with van der Waals surface area (Å²) in [5, 5.41) is 2.30. The maximum atomic E-state index is 12.8. The zero-order valence-corrected chi connectivity index (χ0v) is 14.4. The van der Waals surface area contributed by atoms with Gasteiger partial charge in [-0.2, -0.15) is 0 Å². The quantitative estimate of drug-likeness (QED) is 0.745. The number of amides is 1. The lowest BCUT2D eigenvalue weighted by Crippen LogP contribution is -2.30. The van der Waals surface area contributed by atoms with Crippen molar-refractivity contribution in [3.63, 3.8) is 0 Å². The predicted octanol–water partition coefficient (Wildman–Crippen LogP) is 4.69. The Hall–Kier alpha value is -2.85. The molecule has 4 nitrogen and oxygen atoms in total. The molecule has 0 unspecified atom stereocenters. The lowest BCUT2D eigenvalue weighted by atomic mass is 9.97. The van der Waals surface area contributed by atoms with E-state index in [1.165, 1.54) is 0 Å². The number of fused-ring (bicyclic) bond motifs is 1. The molecule has 1 aliphatic rings. The molecule has 0 radical (unpaired) electrons. The van der Waals surface area contributed by atoms with Gasteiger partial charge in [0.1, 0.15) is 0 Å². The standard InChI is InChI=1S/C20H16ClN3O/c1-13-9-15(14-3-2-8-22-11-14)10-16-12-24(20(25)19(13)16)23-18-6-4-17(21)5-7-18/h2-11,23H,12H2,1H3. The molecule has 0 fully saturated rings. The van der Waals surface area contributed by atoms with Gasteiger partial charge in [0.05, 0.1) is 12.2 Å². The van der Waals surface area contributed by atoms with Crippen LogP contribution in [0.25, 0.3) is 11.1 Å². The van der Waals surface area contributed by atoms with E-state index >= 15 is 0 Å². The zero-order chi connectivity index (χ0) is 17.4. The monoisotopic (exact) mass is 349 g/mol. The second-order valence-corrected chi connectivity index (χ2v) is 6.52. The molecular formula is C20H16ClN3O. The van der Waals surface area contributed by atoms with Crippen LogP contribution in [0.2, 0.25) is 5.02 Å². The van der Waals surface area contributed by atoms with Crippen molar-refractivity contribution in [3.05, 3.63) is 82.6 Å². The number of hydrogen-bond donors (Lipinski definition) is 1. The molecule has 0 saturated heterocycles. The number of carbonyl (C=O) groups excluding carboxylic acids is 1. The molecule has 1 aliphatic heterocycles. The van der Waals surface area contributed by atoms with Crippen LogP contribution in [0.3, 0.4) is 0 Å². The van der Waals surface area contributed by atoms with Gasteiger partial charge in [-0.15, -0.1) is 0 Å². The zero-order valence-electron chi connectivity index (χ0n) is 13.7. The first kappa shape index (κ1) is 15.7. The number of pyridine rings is 1. The van der Waals surface area contributed by atoms with Crippen molar-refractivity contribution in [2.45, 2.75) is 13.5 Å². The molecule has 1 N–H and O–H groups in total. The average molecular weight is 350 g/mol. The Kier molecular flexibility index (Phi) is 3.90. The highest BCUT2D eigenvalue weighted by Gasteiger charge is 2.29. The van der Waals surface area contributed by atoms with Crippen LogP contribution in [0, 0.1) is 6.92 Å². The first-order chi connectivity index (χ1) is 12.1. The second-order valence-electron chi connectivity index (χ2n) is 6.08. The third-order valence-electron chi connectivity index (χ3n) is 4.31. The summed E-state index contributed by atoms with van der Waals surface area (Å²) >= 11 is 5.91. The Bertz CT molecular complexity index is 939. The Morgan fingerprint density at radius 3 is 2.64 bits per heavy atom. The Labute approximate surface area is 151 Å². The van der Waals surface area contributed by atoms with Gasteiger partial charge >= 0.3 is 0 Å². The van der Waals surface area contributed by atoms with Crippen molar-refractivity contribution in [1.82, 2.24) is 9.99 Å². The number of nitrogens with zero attached hydrogens (tertiary/aromatic N) is 2. The Morgan fingerprint density at radius 2 is 1.92 bits per heavy atom. The number of anilines is 1. The maximum absolute atomic E-state index is 12.8. The summed E-state index contributed by atoms with van der Waals surface area (Å²) in [6.07, 6.45) is 3.59. The van der Waals surface area contributed by atoms with Crippen LogP contribution in [0.4, 0.5) is 5.69 Å². The number of halogens is 1. The molecule has 124 valence electrons. The van der Waals surface area contributed by atoms with Crippen molar-refractivity contribution in [2.75, 3.05) is 5.43 Å². The minimum Gasteiger partial charge on any atom is -0.295 e. The third-order valence-corrected chi connectivity index (χ3v) is 4.56. The fraction of sp³-hybridized carbons (Fsp3) is 0.100. The minimum absolute atomic E-state index is 0.0137. The van der Waals surface area contributed by atoms with E-state index in [9.17, 15) is 4.79 Å². The van der Waals surface area contributed by atoms with Gasteiger partial charge in [-0.3, -0.25) is 15.2 Å². The topological polar surface area (TPSA) is 45.2 Å². The van der Waals surface area contributed by atoms with E-state index in [2.05, 4.69) is 16.5 Å². The molecule has 0 bridgehead atoms. The van der Waals surface area contributed by atoms with E-state index in [0.717, 1.165) is 33.5 Å². The molecule has 0 aliphatic carbocycles. The van der Waals surface area contributed by atoms with Crippen LogP contribution in [0.15, 0.2) is 60.9 Å². The van der Waals surface area contributed by atoms with Crippen molar-refractivity contribution in [3.8, 4) is 11.1 Å². The van der Waals surface area contributed by atoms with Crippen molar-refractivity contribution < 1.29 is 4.79 Å². The summed E-state index contributed by atoms with van der Waals surface area (Å²) in [7, 11) is 0. The van der Waals surface area contributed by atoms with Crippen LogP contribution in [-0.2, 0) is 6.54 Å². The molecule has 1 amide bonds. The summed E-state index contributed by atoms with van der Waals surface area (Å²) in [5.74, 6) is -0.0137. The van der Waals surface area contributed by atoms with Crippen molar-refractivity contribution >= 4 is 23.2 Å². The summed E-state index contributed by atoms with van der Waals surface area (Å²) in [6, 6.07) is 15.3. The number of carbonyl (C=O) groups is 1. The number of aryl methyl sites for hydroxylation is 1. The minimum atomic E-state index is -0.0137. The molecule has 4 rings (SSSR count). The summed E-state index contributed by atoms with van der Waals surface area (Å²) in [6.45, 7) is 2.49. The lowest BCUT2D eigenvalue weighted by Gasteiger charge is -2.18. The highest BCUT2D eigenvalue weighted by molar-refractivity contribution is 6.30. The highest BCUT2D eigenvalue weighted by atomic mass is 35.5. The van der Waals surface area contributed by atoms with Crippen LogP contribution >= 0.6 is 11.6 Å². The fourth-order valence-electron chi connectivity index (χ4n) is 3.14. The van der Waals surface area contributed by atoms with Gasteiger partial charge in [0.15, 0.2) is 0 Å². The maximum Gasteiger partial charge on any atom is 0.273 e. The van der Waals surface area contributed by atoms with Gasteiger partial charge < -0.3 is 0 Å². The van der Waals surface area contributed by atoms with E-state index in [0.29, 0.717) is 11.6 Å². The number of aromatic nitrogens is 1. The highest BCUT2D eigenvalue weighted by Crippen LogP contribution is 2.31. The molecule has 0 saturated carbocycles. The first-order valence-corrected chi connectivity index (χ1v) is 8.37. The van der Waals surface area contributed by atoms with Crippen LogP contribution in [0.5, 0.6) is 0 Å². The molecule has 1 aromatic heterocycles. The molecule has 5 heteroatoms. The average Bonchev–Trinajstić information content (AvgIpc) is 2.94. The van der Waals surface area contributed by atoms with E-state index in [1.54, 1.807) is 23.3 Å². The predicted molar refractivity (Wildman–Crippen MR) is 99.4 cm³/mol. The van der Waals surface area contributed by atoms with E-state index in [-0.39, 0.29) is 5.91 Å². The Morgan fingerprint density at radius 1 is 1.12 bits per heavy atom. The molecule has 2 heterocycles. The first-order valence-electron chi connectivity index (χ1n) is 8.00. The SMILES string of the molecule is Cc1cc(-c2cccnc2)cc2c1C(=O)N(Nc1ccc(Cl)cc1)C2. The number of hydrogen-bond acceptors (Lipinski definition) is 3. The van der Waals surface area contributed by atoms with Gasteiger partial charge in [-0.05, 0) is 60.0 Å². The van der Waals surface area contributed by atoms with Gasteiger partial charge in [-0.1, -0.05) is 23.7 Å². The number of nitrogens with one attached hydrogen (secondary N) is 1. The second kappa shape index (κ2) is 6.22.